The maximum atomic E-state index is 4.58. The fourth-order valence-electron chi connectivity index (χ4n) is 2.45. The third kappa shape index (κ3) is 2.88. The maximum Gasteiger partial charge on any atom is 0.136 e. The molecule has 0 saturated heterocycles. The van der Waals surface area contributed by atoms with Gasteiger partial charge in [0.25, 0.3) is 0 Å². The number of aryl methyl sites for hydroxylation is 1. The van der Waals surface area contributed by atoms with Crippen LogP contribution in [-0.2, 0) is 0 Å². The summed E-state index contributed by atoms with van der Waals surface area (Å²) in [5.74, 6) is 0.929. The smallest absolute Gasteiger partial charge is 0.136 e. The van der Waals surface area contributed by atoms with Crippen LogP contribution in [0.3, 0.4) is 0 Å². The molecule has 0 aliphatic rings. The van der Waals surface area contributed by atoms with E-state index in [1.807, 2.05) is 54.9 Å². The molecule has 0 aliphatic carbocycles. The summed E-state index contributed by atoms with van der Waals surface area (Å²) < 4.78 is 3.13. The first kappa shape index (κ1) is 14.7. The summed E-state index contributed by atoms with van der Waals surface area (Å²) in [7, 11) is 0. The van der Waals surface area contributed by atoms with Gasteiger partial charge in [0.05, 0.1) is 5.69 Å². The summed E-state index contributed by atoms with van der Waals surface area (Å²) in [6.07, 6.45) is 3.71. The fourth-order valence-corrected chi connectivity index (χ4v) is 2.84. The first-order valence-corrected chi connectivity index (χ1v) is 7.85. The van der Waals surface area contributed by atoms with Gasteiger partial charge < -0.3 is 4.57 Å². The van der Waals surface area contributed by atoms with E-state index in [1.165, 1.54) is 0 Å². The molecule has 0 spiro atoms. The summed E-state index contributed by atoms with van der Waals surface area (Å²) in [6, 6.07) is 16.0. The lowest BCUT2D eigenvalue weighted by atomic mass is 10.2. The van der Waals surface area contributed by atoms with Crippen molar-refractivity contribution in [1.82, 2.24) is 9.55 Å². The second-order valence-electron chi connectivity index (χ2n) is 5.06. The van der Waals surface area contributed by atoms with Crippen LogP contribution >= 0.6 is 15.9 Å². The fraction of sp³-hybridized carbons (Fsp3) is 0.111. The van der Waals surface area contributed by atoms with E-state index >= 15 is 0 Å². The van der Waals surface area contributed by atoms with Gasteiger partial charge in [-0.15, -0.1) is 0 Å². The molecule has 1 aromatic carbocycles. The number of benzene rings is 1. The molecule has 0 amide bonds. The Hall–Kier alpha value is -2.20. The Morgan fingerprint density at radius 2 is 1.86 bits per heavy atom. The Bertz CT molecular complexity index is 820. The lowest BCUT2D eigenvalue weighted by Crippen LogP contribution is -2.01. The van der Waals surface area contributed by atoms with Crippen molar-refractivity contribution in [2.24, 2.45) is 4.99 Å². The molecule has 110 valence electrons. The number of nitrogens with zero attached hydrogens (tertiary/aromatic N) is 3. The van der Waals surface area contributed by atoms with Crippen LogP contribution < -0.4 is 0 Å². The monoisotopic (exact) mass is 353 g/mol. The molecule has 0 unspecified atom stereocenters. The molecule has 3 aromatic rings. The Labute approximate surface area is 138 Å². The van der Waals surface area contributed by atoms with Crippen LogP contribution in [0.15, 0.2) is 64.2 Å². The van der Waals surface area contributed by atoms with Gasteiger partial charge in [-0.05, 0) is 60.1 Å². The molecule has 0 saturated carbocycles. The number of halogens is 1. The largest absolute Gasteiger partial charge is 0.303 e. The number of para-hydroxylation sites is 1. The highest BCUT2D eigenvalue weighted by Crippen LogP contribution is 2.25. The van der Waals surface area contributed by atoms with Crippen molar-refractivity contribution in [1.29, 1.82) is 0 Å². The minimum Gasteiger partial charge on any atom is -0.303 e. The molecule has 4 heteroatoms. The van der Waals surface area contributed by atoms with Gasteiger partial charge in [-0.3, -0.25) is 4.99 Å². The molecule has 2 aromatic heterocycles. The topological polar surface area (TPSA) is 30.2 Å². The summed E-state index contributed by atoms with van der Waals surface area (Å²) in [5.41, 5.74) is 4.29. The number of aliphatic imine (C=N–C) groups is 1. The molecular formula is C18H16BrN3. The second kappa shape index (κ2) is 6.28. The van der Waals surface area contributed by atoms with E-state index in [-0.39, 0.29) is 0 Å². The predicted octanol–water partition coefficient (Wildman–Crippen LogP) is 5.00. The number of rotatable bonds is 3. The highest BCUT2D eigenvalue weighted by atomic mass is 79.9. The zero-order valence-corrected chi connectivity index (χ0v) is 14.1. The van der Waals surface area contributed by atoms with Crippen molar-refractivity contribution in [3.63, 3.8) is 0 Å². The normalized spacial score (nSPS) is 11.2. The molecule has 0 aliphatic heterocycles. The van der Waals surface area contributed by atoms with Crippen molar-refractivity contribution in [3.8, 4) is 5.82 Å². The quantitative estimate of drug-likeness (QED) is 0.609. The maximum absolute atomic E-state index is 4.58. The van der Waals surface area contributed by atoms with Gasteiger partial charge >= 0.3 is 0 Å². The molecule has 0 radical (unpaired) electrons. The molecule has 3 nitrogen and oxygen atoms in total. The second-order valence-corrected chi connectivity index (χ2v) is 5.91. The molecule has 0 atom stereocenters. The van der Waals surface area contributed by atoms with Crippen molar-refractivity contribution in [2.45, 2.75) is 13.8 Å². The van der Waals surface area contributed by atoms with Gasteiger partial charge in [-0.25, -0.2) is 4.98 Å². The molecule has 22 heavy (non-hydrogen) atoms. The van der Waals surface area contributed by atoms with Crippen molar-refractivity contribution < 1.29 is 0 Å². The van der Waals surface area contributed by atoms with E-state index in [9.17, 15) is 0 Å². The van der Waals surface area contributed by atoms with Crippen LogP contribution in [0.2, 0.25) is 0 Å². The lowest BCUT2D eigenvalue weighted by molar-refractivity contribution is 0.921. The highest BCUT2D eigenvalue weighted by Gasteiger charge is 2.09. The van der Waals surface area contributed by atoms with Gasteiger partial charge in [0.1, 0.15) is 5.82 Å². The van der Waals surface area contributed by atoms with Crippen molar-refractivity contribution >= 4 is 27.8 Å². The van der Waals surface area contributed by atoms with Crippen LogP contribution in [0, 0.1) is 13.8 Å². The Balaban J connectivity index is 1.99. The molecule has 0 bridgehead atoms. The van der Waals surface area contributed by atoms with Gasteiger partial charge in [0.2, 0.25) is 0 Å². The van der Waals surface area contributed by atoms with E-state index in [2.05, 4.69) is 50.4 Å². The summed E-state index contributed by atoms with van der Waals surface area (Å²) >= 11 is 3.52. The first-order valence-electron chi connectivity index (χ1n) is 7.06. The minimum absolute atomic E-state index is 0.921. The van der Waals surface area contributed by atoms with Gasteiger partial charge in [-0.1, -0.05) is 18.2 Å². The van der Waals surface area contributed by atoms with E-state index in [0.717, 1.165) is 32.9 Å². The number of hydrogen-bond acceptors (Lipinski definition) is 2. The van der Waals surface area contributed by atoms with Gasteiger partial charge in [0, 0.05) is 33.8 Å². The standard InChI is InChI=1S/C18H16BrN3/c1-13-11-15(12-21-17-8-4-3-7-16(17)19)14(2)22(13)18-9-5-6-10-20-18/h3-12H,1-2H3. The summed E-state index contributed by atoms with van der Waals surface area (Å²) in [6.45, 7) is 4.17. The van der Waals surface area contributed by atoms with Crippen LogP contribution in [0.25, 0.3) is 5.82 Å². The number of pyridine rings is 1. The SMILES string of the molecule is Cc1cc(C=Nc2ccccc2Br)c(C)n1-c1ccccn1. The molecule has 0 fully saturated rings. The van der Waals surface area contributed by atoms with E-state index in [0.29, 0.717) is 0 Å². The number of aromatic nitrogens is 2. The van der Waals surface area contributed by atoms with Crippen molar-refractivity contribution in [3.05, 3.63) is 76.2 Å². The van der Waals surface area contributed by atoms with E-state index in [4.69, 9.17) is 0 Å². The minimum atomic E-state index is 0.921. The van der Waals surface area contributed by atoms with E-state index < -0.39 is 0 Å². The molecule has 0 N–H and O–H groups in total. The molecular weight excluding hydrogens is 338 g/mol. The first-order chi connectivity index (χ1) is 10.7. The Morgan fingerprint density at radius 1 is 1.09 bits per heavy atom. The Morgan fingerprint density at radius 3 is 2.59 bits per heavy atom. The summed E-state index contributed by atoms with van der Waals surface area (Å²) in [4.78, 5) is 9.01. The molecule has 3 rings (SSSR count). The zero-order chi connectivity index (χ0) is 15.5. The van der Waals surface area contributed by atoms with Crippen LogP contribution in [0.4, 0.5) is 5.69 Å². The van der Waals surface area contributed by atoms with Crippen LogP contribution in [0.1, 0.15) is 17.0 Å². The van der Waals surface area contributed by atoms with E-state index in [1.54, 1.807) is 0 Å². The van der Waals surface area contributed by atoms with Crippen molar-refractivity contribution in [2.75, 3.05) is 0 Å². The molecule has 2 heterocycles. The number of hydrogen-bond donors (Lipinski definition) is 0. The predicted molar refractivity (Wildman–Crippen MR) is 94.4 cm³/mol. The Kier molecular flexibility index (Phi) is 4.20. The van der Waals surface area contributed by atoms with Gasteiger partial charge in [-0.2, -0.15) is 0 Å². The van der Waals surface area contributed by atoms with Crippen LogP contribution in [-0.4, -0.2) is 15.8 Å². The van der Waals surface area contributed by atoms with Gasteiger partial charge in [0.15, 0.2) is 0 Å². The average Bonchev–Trinajstić information content (AvgIpc) is 2.81. The third-order valence-electron chi connectivity index (χ3n) is 3.54. The lowest BCUT2D eigenvalue weighted by Gasteiger charge is -2.07. The average molecular weight is 354 g/mol. The van der Waals surface area contributed by atoms with Crippen LogP contribution in [0.5, 0.6) is 0 Å². The highest BCUT2D eigenvalue weighted by molar-refractivity contribution is 9.10. The third-order valence-corrected chi connectivity index (χ3v) is 4.21. The summed E-state index contributed by atoms with van der Waals surface area (Å²) in [5, 5.41) is 0. The zero-order valence-electron chi connectivity index (χ0n) is 12.5.